The zero-order chi connectivity index (χ0) is 14.0. The first-order valence-corrected chi connectivity index (χ1v) is 8.31. The van der Waals surface area contributed by atoms with Crippen LogP contribution in [0.1, 0.15) is 45.1 Å². The molecule has 1 aliphatic heterocycles. The van der Waals surface area contributed by atoms with Crippen molar-refractivity contribution in [3.63, 3.8) is 0 Å². The summed E-state index contributed by atoms with van der Waals surface area (Å²) in [5.41, 5.74) is 3.32. The summed E-state index contributed by atoms with van der Waals surface area (Å²) in [6, 6.07) is 9.02. The Kier molecular flexibility index (Phi) is 4.02. The summed E-state index contributed by atoms with van der Waals surface area (Å²) in [6.07, 6.45) is 6.49. The molecule has 20 heavy (non-hydrogen) atoms. The number of benzene rings is 1. The highest BCUT2D eigenvalue weighted by molar-refractivity contribution is 5.54. The highest BCUT2D eigenvalue weighted by Gasteiger charge is 2.43. The SMILES string of the molecule is CCCc1ccccc1N1CCCNC(C)(C2CC2)C1. The van der Waals surface area contributed by atoms with Gasteiger partial charge < -0.3 is 10.2 Å². The highest BCUT2D eigenvalue weighted by Crippen LogP contribution is 2.41. The van der Waals surface area contributed by atoms with Crippen LogP contribution in [0, 0.1) is 5.92 Å². The van der Waals surface area contributed by atoms with Gasteiger partial charge in [-0.25, -0.2) is 0 Å². The Morgan fingerprint density at radius 3 is 2.85 bits per heavy atom. The lowest BCUT2D eigenvalue weighted by Gasteiger charge is -2.36. The van der Waals surface area contributed by atoms with Crippen LogP contribution in [0.15, 0.2) is 24.3 Å². The summed E-state index contributed by atoms with van der Waals surface area (Å²) >= 11 is 0. The molecule has 2 nitrogen and oxygen atoms in total. The molecular weight excluding hydrogens is 244 g/mol. The second kappa shape index (κ2) is 5.77. The molecule has 1 atom stereocenters. The lowest BCUT2D eigenvalue weighted by molar-refractivity contribution is 0.331. The number of nitrogens with one attached hydrogen (secondary N) is 1. The lowest BCUT2D eigenvalue weighted by atomic mass is 9.94. The Morgan fingerprint density at radius 1 is 1.30 bits per heavy atom. The van der Waals surface area contributed by atoms with Gasteiger partial charge in [0.05, 0.1) is 0 Å². The van der Waals surface area contributed by atoms with Crippen LogP contribution < -0.4 is 10.2 Å². The monoisotopic (exact) mass is 272 g/mol. The van der Waals surface area contributed by atoms with Crippen LogP contribution in [0.4, 0.5) is 5.69 Å². The first-order chi connectivity index (χ1) is 9.73. The smallest absolute Gasteiger partial charge is 0.0399 e. The summed E-state index contributed by atoms with van der Waals surface area (Å²) in [4.78, 5) is 2.64. The molecule has 0 bridgehead atoms. The van der Waals surface area contributed by atoms with Crippen molar-refractivity contribution in [3.8, 4) is 0 Å². The van der Waals surface area contributed by atoms with Crippen LogP contribution in [0.25, 0.3) is 0 Å². The van der Waals surface area contributed by atoms with E-state index < -0.39 is 0 Å². The third kappa shape index (κ3) is 2.85. The number of hydrogen-bond acceptors (Lipinski definition) is 2. The van der Waals surface area contributed by atoms with Gasteiger partial charge in [-0.3, -0.25) is 0 Å². The van der Waals surface area contributed by atoms with Crippen molar-refractivity contribution in [3.05, 3.63) is 29.8 Å². The molecule has 0 spiro atoms. The molecule has 2 heteroatoms. The highest BCUT2D eigenvalue weighted by atomic mass is 15.2. The van der Waals surface area contributed by atoms with E-state index in [9.17, 15) is 0 Å². The van der Waals surface area contributed by atoms with Crippen molar-refractivity contribution in [2.45, 2.75) is 51.5 Å². The van der Waals surface area contributed by atoms with Gasteiger partial charge in [-0.1, -0.05) is 31.5 Å². The van der Waals surface area contributed by atoms with E-state index >= 15 is 0 Å². The zero-order valence-electron chi connectivity index (χ0n) is 13.0. The maximum Gasteiger partial charge on any atom is 0.0399 e. The summed E-state index contributed by atoms with van der Waals surface area (Å²) in [7, 11) is 0. The average Bonchev–Trinajstić information content (AvgIpc) is 3.27. The molecule has 1 aromatic rings. The van der Waals surface area contributed by atoms with Crippen LogP contribution in [-0.4, -0.2) is 25.2 Å². The van der Waals surface area contributed by atoms with Gasteiger partial charge in [0.25, 0.3) is 0 Å². The van der Waals surface area contributed by atoms with Gasteiger partial charge in [-0.15, -0.1) is 0 Å². The molecule has 1 N–H and O–H groups in total. The van der Waals surface area contributed by atoms with Gasteiger partial charge in [0.1, 0.15) is 0 Å². The summed E-state index contributed by atoms with van der Waals surface area (Å²) in [5, 5.41) is 3.83. The Labute approximate surface area is 123 Å². The van der Waals surface area contributed by atoms with Crippen LogP contribution in [0.5, 0.6) is 0 Å². The van der Waals surface area contributed by atoms with Crippen molar-refractivity contribution >= 4 is 5.69 Å². The van der Waals surface area contributed by atoms with E-state index in [1.54, 1.807) is 0 Å². The number of nitrogens with zero attached hydrogens (tertiary/aromatic N) is 1. The maximum absolute atomic E-state index is 3.83. The fourth-order valence-electron chi connectivity index (χ4n) is 3.67. The van der Waals surface area contributed by atoms with Crippen molar-refractivity contribution < 1.29 is 0 Å². The molecule has 0 radical (unpaired) electrons. The number of aryl methyl sites for hydroxylation is 1. The van der Waals surface area contributed by atoms with Crippen molar-refractivity contribution in [2.24, 2.45) is 5.92 Å². The van der Waals surface area contributed by atoms with Crippen LogP contribution in [0.2, 0.25) is 0 Å². The van der Waals surface area contributed by atoms with Crippen molar-refractivity contribution in [1.29, 1.82) is 0 Å². The average molecular weight is 272 g/mol. The Morgan fingerprint density at radius 2 is 2.10 bits per heavy atom. The largest absolute Gasteiger partial charge is 0.369 e. The third-order valence-corrected chi connectivity index (χ3v) is 4.98. The van der Waals surface area contributed by atoms with Crippen LogP contribution in [0.3, 0.4) is 0 Å². The molecule has 0 aromatic heterocycles. The molecule has 1 heterocycles. The molecule has 1 aromatic carbocycles. The molecule has 3 rings (SSSR count). The number of anilines is 1. The maximum atomic E-state index is 3.83. The molecule has 2 fully saturated rings. The summed E-state index contributed by atoms with van der Waals surface area (Å²) in [6.45, 7) is 8.23. The number of para-hydroxylation sites is 1. The summed E-state index contributed by atoms with van der Waals surface area (Å²) in [5.74, 6) is 0.890. The van der Waals surface area contributed by atoms with E-state index in [2.05, 4.69) is 48.3 Å². The molecule has 110 valence electrons. The Balaban J connectivity index is 1.84. The second-order valence-corrected chi connectivity index (χ2v) is 6.77. The van der Waals surface area contributed by atoms with Gasteiger partial charge >= 0.3 is 0 Å². The Hall–Kier alpha value is -1.02. The van der Waals surface area contributed by atoms with E-state index in [-0.39, 0.29) is 0 Å². The van der Waals surface area contributed by atoms with E-state index in [1.807, 2.05) is 0 Å². The van der Waals surface area contributed by atoms with E-state index in [0.29, 0.717) is 5.54 Å². The zero-order valence-corrected chi connectivity index (χ0v) is 13.0. The second-order valence-electron chi connectivity index (χ2n) is 6.77. The van der Waals surface area contributed by atoms with Crippen LogP contribution in [-0.2, 0) is 6.42 Å². The first kappa shape index (κ1) is 13.9. The number of hydrogen-bond donors (Lipinski definition) is 1. The fourth-order valence-corrected chi connectivity index (χ4v) is 3.67. The molecular formula is C18H28N2. The minimum Gasteiger partial charge on any atom is -0.369 e. The van der Waals surface area contributed by atoms with Gasteiger partial charge in [0.2, 0.25) is 0 Å². The normalized spacial score (nSPS) is 27.4. The molecule has 1 saturated carbocycles. The minimum absolute atomic E-state index is 0.315. The molecule has 0 amide bonds. The molecule has 2 aliphatic rings. The Bertz CT molecular complexity index is 452. The third-order valence-electron chi connectivity index (χ3n) is 4.98. The van der Waals surface area contributed by atoms with Gasteiger partial charge in [-0.05, 0) is 56.7 Å². The lowest BCUT2D eigenvalue weighted by Crippen LogP contribution is -2.51. The van der Waals surface area contributed by atoms with Crippen molar-refractivity contribution in [2.75, 3.05) is 24.5 Å². The predicted molar refractivity (Wildman–Crippen MR) is 86.4 cm³/mol. The van der Waals surface area contributed by atoms with Gasteiger partial charge in [0, 0.05) is 24.3 Å². The minimum atomic E-state index is 0.315. The first-order valence-electron chi connectivity index (χ1n) is 8.31. The van der Waals surface area contributed by atoms with E-state index in [0.717, 1.165) is 5.92 Å². The molecule has 1 saturated heterocycles. The topological polar surface area (TPSA) is 15.3 Å². The van der Waals surface area contributed by atoms with E-state index in [4.69, 9.17) is 0 Å². The van der Waals surface area contributed by atoms with E-state index in [1.165, 1.54) is 63.0 Å². The van der Waals surface area contributed by atoms with Crippen LogP contribution >= 0.6 is 0 Å². The van der Waals surface area contributed by atoms with Gasteiger partial charge in [-0.2, -0.15) is 0 Å². The van der Waals surface area contributed by atoms with Gasteiger partial charge in [0.15, 0.2) is 0 Å². The predicted octanol–water partition coefficient (Wildman–Crippen LogP) is 3.61. The summed E-state index contributed by atoms with van der Waals surface area (Å²) < 4.78 is 0. The molecule has 1 aliphatic carbocycles. The van der Waals surface area contributed by atoms with Crippen molar-refractivity contribution in [1.82, 2.24) is 5.32 Å². The fraction of sp³-hybridized carbons (Fsp3) is 0.667. The standard InChI is InChI=1S/C18H28N2/c1-3-7-15-8-4-5-9-17(15)20-13-6-12-19-18(2,14-20)16-10-11-16/h4-5,8-9,16,19H,3,6-7,10-14H2,1-2H3. The molecule has 1 unspecified atom stereocenters. The quantitative estimate of drug-likeness (QED) is 0.901. The number of rotatable bonds is 4.